The molecule has 0 heterocycles. The Balaban J connectivity index is 1.74. The molecule has 1 fully saturated rings. The van der Waals surface area contributed by atoms with Gasteiger partial charge in [0.15, 0.2) is 0 Å². The lowest BCUT2D eigenvalue weighted by Gasteiger charge is -2.28. The number of ether oxygens (including phenoxy) is 1. The minimum Gasteiger partial charge on any atom is -0.378 e. The Morgan fingerprint density at radius 3 is 2.82 bits per heavy atom. The number of benzene rings is 1. The van der Waals surface area contributed by atoms with Crippen LogP contribution in [0.25, 0.3) is 0 Å². The third-order valence-electron chi connectivity index (χ3n) is 4.38. The Morgan fingerprint density at radius 2 is 2.09 bits per heavy atom. The van der Waals surface area contributed by atoms with Crippen LogP contribution in [0.3, 0.4) is 0 Å². The van der Waals surface area contributed by atoms with Crippen LogP contribution in [0.5, 0.6) is 0 Å². The first-order valence-electron chi connectivity index (χ1n) is 8.25. The summed E-state index contributed by atoms with van der Waals surface area (Å²) in [6.45, 7) is 3.41. The van der Waals surface area contributed by atoms with Crippen molar-refractivity contribution in [1.82, 2.24) is 5.32 Å². The second kappa shape index (κ2) is 8.18. The SMILES string of the molecule is C[C@H]1CCCC[C@@H]1OCCNC(=O)c1cccc(N(C)C)c1. The van der Waals surface area contributed by atoms with Gasteiger partial charge in [-0.2, -0.15) is 0 Å². The molecule has 0 unspecified atom stereocenters. The highest BCUT2D eigenvalue weighted by atomic mass is 16.5. The predicted molar refractivity (Wildman–Crippen MR) is 90.5 cm³/mol. The van der Waals surface area contributed by atoms with Crippen molar-refractivity contribution in [3.8, 4) is 0 Å². The van der Waals surface area contributed by atoms with Crippen molar-refractivity contribution in [2.24, 2.45) is 5.92 Å². The Labute approximate surface area is 133 Å². The lowest BCUT2D eigenvalue weighted by atomic mass is 9.88. The van der Waals surface area contributed by atoms with Gasteiger partial charge in [-0.1, -0.05) is 25.8 Å². The van der Waals surface area contributed by atoms with Gasteiger partial charge in [0, 0.05) is 31.9 Å². The normalized spacial score (nSPS) is 21.4. The van der Waals surface area contributed by atoms with E-state index in [1.54, 1.807) is 0 Å². The third-order valence-corrected chi connectivity index (χ3v) is 4.38. The average molecular weight is 304 g/mol. The lowest BCUT2D eigenvalue weighted by Crippen LogP contribution is -2.31. The molecule has 1 N–H and O–H groups in total. The molecule has 0 saturated heterocycles. The van der Waals surface area contributed by atoms with Crippen LogP contribution in [0.1, 0.15) is 43.0 Å². The monoisotopic (exact) mass is 304 g/mol. The summed E-state index contributed by atoms with van der Waals surface area (Å²) in [5.41, 5.74) is 1.72. The molecule has 1 aliphatic rings. The number of carbonyl (C=O) groups excluding carboxylic acids is 1. The highest BCUT2D eigenvalue weighted by Crippen LogP contribution is 2.25. The van der Waals surface area contributed by atoms with E-state index in [2.05, 4.69) is 12.2 Å². The Kier molecular flexibility index (Phi) is 6.25. The third kappa shape index (κ3) is 4.73. The Hall–Kier alpha value is -1.55. The van der Waals surface area contributed by atoms with E-state index < -0.39 is 0 Å². The van der Waals surface area contributed by atoms with E-state index in [-0.39, 0.29) is 5.91 Å². The van der Waals surface area contributed by atoms with Crippen molar-refractivity contribution in [2.75, 3.05) is 32.1 Å². The van der Waals surface area contributed by atoms with Gasteiger partial charge in [0.2, 0.25) is 0 Å². The summed E-state index contributed by atoms with van der Waals surface area (Å²) in [5, 5.41) is 2.94. The Bertz CT molecular complexity index is 488. The van der Waals surface area contributed by atoms with E-state index in [0.29, 0.717) is 30.7 Å². The summed E-state index contributed by atoms with van der Waals surface area (Å²) >= 11 is 0. The average Bonchev–Trinajstić information content (AvgIpc) is 2.53. The molecule has 4 heteroatoms. The van der Waals surface area contributed by atoms with Gasteiger partial charge < -0.3 is 15.0 Å². The first-order chi connectivity index (χ1) is 10.6. The molecular formula is C18H28N2O2. The molecular weight excluding hydrogens is 276 g/mol. The van der Waals surface area contributed by atoms with Crippen LogP contribution < -0.4 is 10.2 Å². The Morgan fingerprint density at radius 1 is 1.32 bits per heavy atom. The van der Waals surface area contributed by atoms with Crippen molar-refractivity contribution in [3.63, 3.8) is 0 Å². The quantitative estimate of drug-likeness (QED) is 0.821. The number of carbonyl (C=O) groups is 1. The van der Waals surface area contributed by atoms with Gasteiger partial charge in [0.1, 0.15) is 0 Å². The second-order valence-electron chi connectivity index (χ2n) is 6.37. The van der Waals surface area contributed by atoms with Crippen LogP contribution in [-0.4, -0.2) is 39.3 Å². The van der Waals surface area contributed by atoms with Crippen LogP contribution in [0.2, 0.25) is 0 Å². The fourth-order valence-corrected chi connectivity index (χ4v) is 2.93. The van der Waals surface area contributed by atoms with Crippen LogP contribution >= 0.6 is 0 Å². The molecule has 0 spiro atoms. The molecule has 1 amide bonds. The molecule has 0 bridgehead atoms. The zero-order valence-electron chi connectivity index (χ0n) is 14.0. The predicted octanol–water partition coefficient (Wildman–Crippen LogP) is 3.08. The number of nitrogens with one attached hydrogen (secondary N) is 1. The van der Waals surface area contributed by atoms with Crippen LogP contribution in [-0.2, 0) is 4.74 Å². The highest BCUT2D eigenvalue weighted by molar-refractivity contribution is 5.95. The van der Waals surface area contributed by atoms with Crippen molar-refractivity contribution < 1.29 is 9.53 Å². The van der Waals surface area contributed by atoms with E-state index in [9.17, 15) is 4.79 Å². The molecule has 1 aliphatic carbocycles. The maximum absolute atomic E-state index is 12.1. The highest BCUT2D eigenvalue weighted by Gasteiger charge is 2.21. The van der Waals surface area contributed by atoms with Crippen LogP contribution in [0.4, 0.5) is 5.69 Å². The lowest BCUT2D eigenvalue weighted by molar-refractivity contribution is -0.00293. The summed E-state index contributed by atoms with van der Waals surface area (Å²) in [4.78, 5) is 14.1. The second-order valence-corrected chi connectivity index (χ2v) is 6.37. The van der Waals surface area contributed by atoms with Gasteiger partial charge in [-0.3, -0.25) is 4.79 Å². The molecule has 0 aromatic heterocycles. The van der Waals surface area contributed by atoms with Crippen LogP contribution in [0, 0.1) is 5.92 Å². The van der Waals surface area contributed by atoms with Gasteiger partial charge in [0.25, 0.3) is 5.91 Å². The summed E-state index contributed by atoms with van der Waals surface area (Å²) in [7, 11) is 3.94. The van der Waals surface area contributed by atoms with E-state index in [1.807, 2.05) is 43.3 Å². The number of anilines is 1. The maximum atomic E-state index is 12.1. The van der Waals surface area contributed by atoms with Crippen molar-refractivity contribution in [2.45, 2.75) is 38.7 Å². The minimum absolute atomic E-state index is 0.0380. The molecule has 1 aromatic carbocycles. The number of hydrogen-bond donors (Lipinski definition) is 1. The van der Waals surface area contributed by atoms with Gasteiger partial charge in [-0.15, -0.1) is 0 Å². The van der Waals surface area contributed by atoms with Gasteiger partial charge in [0.05, 0.1) is 12.7 Å². The maximum Gasteiger partial charge on any atom is 0.251 e. The molecule has 0 radical (unpaired) electrons. The van der Waals surface area contributed by atoms with Gasteiger partial charge >= 0.3 is 0 Å². The van der Waals surface area contributed by atoms with Gasteiger partial charge in [-0.05, 0) is 37.0 Å². The first-order valence-corrected chi connectivity index (χ1v) is 8.25. The summed E-state index contributed by atoms with van der Waals surface area (Å²) in [5.74, 6) is 0.602. The molecule has 1 saturated carbocycles. The number of hydrogen-bond acceptors (Lipinski definition) is 3. The zero-order chi connectivity index (χ0) is 15.9. The largest absolute Gasteiger partial charge is 0.378 e. The summed E-state index contributed by atoms with van der Waals surface area (Å²) in [6.07, 6.45) is 5.36. The van der Waals surface area contributed by atoms with Crippen molar-refractivity contribution in [1.29, 1.82) is 0 Å². The molecule has 122 valence electrons. The smallest absolute Gasteiger partial charge is 0.251 e. The molecule has 2 atom stereocenters. The molecule has 0 aliphatic heterocycles. The van der Waals surface area contributed by atoms with E-state index in [0.717, 1.165) is 12.1 Å². The topological polar surface area (TPSA) is 41.6 Å². The fourth-order valence-electron chi connectivity index (χ4n) is 2.93. The zero-order valence-corrected chi connectivity index (χ0v) is 14.0. The standard InChI is InChI=1S/C18H28N2O2/c1-14-7-4-5-10-17(14)22-12-11-19-18(21)15-8-6-9-16(13-15)20(2)3/h6,8-9,13-14,17H,4-5,7,10-12H2,1-3H3,(H,19,21)/t14-,17-/m0/s1. The van der Waals surface area contributed by atoms with E-state index in [1.165, 1.54) is 19.3 Å². The molecule has 22 heavy (non-hydrogen) atoms. The summed E-state index contributed by atoms with van der Waals surface area (Å²) in [6, 6.07) is 7.64. The molecule has 1 aromatic rings. The summed E-state index contributed by atoms with van der Waals surface area (Å²) < 4.78 is 5.92. The minimum atomic E-state index is -0.0380. The molecule has 2 rings (SSSR count). The number of rotatable bonds is 6. The fraction of sp³-hybridized carbons (Fsp3) is 0.611. The van der Waals surface area contributed by atoms with E-state index >= 15 is 0 Å². The first kappa shape index (κ1) is 16.8. The number of nitrogens with zero attached hydrogens (tertiary/aromatic N) is 1. The van der Waals surface area contributed by atoms with Crippen LogP contribution in [0.15, 0.2) is 24.3 Å². The number of amides is 1. The molecule has 4 nitrogen and oxygen atoms in total. The van der Waals surface area contributed by atoms with E-state index in [4.69, 9.17) is 4.74 Å². The van der Waals surface area contributed by atoms with Crippen molar-refractivity contribution in [3.05, 3.63) is 29.8 Å². The van der Waals surface area contributed by atoms with Gasteiger partial charge in [-0.25, -0.2) is 0 Å². The van der Waals surface area contributed by atoms with Crippen molar-refractivity contribution >= 4 is 11.6 Å².